The average molecular weight is 254 g/mol. The molecule has 0 saturated carbocycles. The van der Waals surface area contributed by atoms with Crippen molar-refractivity contribution < 1.29 is 9.18 Å². The van der Waals surface area contributed by atoms with Gasteiger partial charge in [-0.3, -0.25) is 4.79 Å². The summed E-state index contributed by atoms with van der Waals surface area (Å²) in [6, 6.07) is 7.23. The molecule has 1 aromatic rings. The van der Waals surface area contributed by atoms with Gasteiger partial charge in [0.05, 0.1) is 0 Å². The number of halogens is 1. The molecule has 0 bridgehead atoms. The molecule has 0 fully saturated rings. The summed E-state index contributed by atoms with van der Waals surface area (Å²) in [5, 5.41) is 5.61. The maximum absolute atomic E-state index is 12.6. The van der Waals surface area contributed by atoms with Crippen molar-refractivity contribution in [2.24, 2.45) is 0 Å². The molecule has 0 aliphatic rings. The number of amides is 1. The van der Waals surface area contributed by atoms with Gasteiger partial charge in [0.25, 0.3) is 0 Å². The standard InChI is InChI=1S/C12H18FN.C2H5NO/c1-9(2)14-8-10(3)11-4-6-12(13)7-5-11;1-3-2-4/h4-7,9-10,14H,8H2,1-3H3;2H,1H3,(H,3,4). The lowest BCUT2D eigenvalue weighted by Crippen LogP contribution is -2.26. The number of carbonyl (C=O) groups is 1. The molecule has 102 valence electrons. The van der Waals surface area contributed by atoms with E-state index in [1.54, 1.807) is 7.05 Å². The Balaban J connectivity index is 0.000000631. The van der Waals surface area contributed by atoms with Crippen LogP contribution in [0.5, 0.6) is 0 Å². The Morgan fingerprint density at radius 2 is 1.72 bits per heavy atom. The minimum atomic E-state index is -0.169. The summed E-state index contributed by atoms with van der Waals surface area (Å²) in [4.78, 5) is 9.06. The zero-order valence-electron chi connectivity index (χ0n) is 11.5. The summed E-state index contributed by atoms with van der Waals surface area (Å²) < 4.78 is 12.6. The predicted molar refractivity (Wildman–Crippen MR) is 73.1 cm³/mol. The highest BCUT2D eigenvalue weighted by Crippen LogP contribution is 2.14. The van der Waals surface area contributed by atoms with Gasteiger partial charge in [0.1, 0.15) is 5.82 Å². The zero-order valence-corrected chi connectivity index (χ0v) is 11.5. The van der Waals surface area contributed by atoms with Crippen LogP contribution in [-0.4, -0.2) is 26.0 Å². The van der Waals surface area contributed by atoms with Gasteiger partial charge in [-0.2, -0.15) is 0 Å². The lowest BCUT2D eigenvalue weighted by atomic mass is 10.0. The lowest BCUT2D eigenvalue weighted by Gasteiger charge is -2.15. The third kappa shape index (κ3) is 7.79. The van der Waals surface area contributed by atoms with Gasteiger partial charge in [0.15, 0.2) is 0 Å². The van der Waals surface area contributed by atoms with Gasteiger partial charge in [0.2, 0.25) is 6.41 Å². The van der Waals surface area contributed by atoms with Crippen molar-refractivity contribution in [1.29, 1.82) is 0 Å². The highest BCUT2D eigenvalue weighted by Gasteiger charge is 2.05. The van der Waals surface area contributed by atoms with Crippen LogP contribution in [0.1, 0.15) is 32.3 Å². The van der Waals surface area contributed by atoms with Gasteiger partial charge in [-0.1, -0.05) is 32.9 Å². The molecule has 18 heavy (non-hydrogen) atoms. The highest BCUT2D eigenvalue weighted by molar-refractivity contribution is 5.44. The van der Waals surface area contributed by atoms with Crippen LogP contribution in [0.2, 0.25) is 0 Å². The monoisotopic (exact) mass is 254 g/mol. The molecule has 1 aromatic carbocycles. The summed E-state index contributed by atoms with van der Waals surface area (Å²) in [7, 11) is 1.56. The van der Waals surface area contributed by atoms with Crippen LogP contribution in [0.25, 0.3) is 0 Å². The fraction of sp³-hybridized carbons (Fsp3) is 0.500. The Labute approximate surface area is 109 Å². The van der Waals surface area contributed by atoms with E-state index in [2.05, 4.69) is 31.4 Å². The first-order valence-electron chi connectivity index (χ1n) is 6.11. The first-order chi connectivity index (χ1) is 8.51. The summed E-state index contributed by atoms with van der Waals surface area (Å²) in [6.07, 6.45) is 0.625. The molecule has 0 saturated heterocycles. The fourth-order valence-corrected chi connectivity index (χ4v) is 1.32. The number of carbonyl (C=O) groups excluding carboxylic acids is 1. The number of nitrogens with one attached hydrogen (secondary N) is 2. The second-order valence-electron chi connectivity index (χ2n) is 4.42. The molecule has 1 rings (SSSR count). The second-order valence-corrected chi connectivity index (χ2v) is 4.42. The molecule has 0 heterocycles. The van der Waals surface area contributed by atoms with Gasteiger partial charge >= 0.3 is 0 Å². The van der Waals surface area contributed by atoms with Gasteiger partial charge < -0.3 is 10.6 Å². The molecule has 1 atom stereocenters. The molecule has 0 aromatic heterocycles. The first-order valence-corrected chi connectivity index (χ1v) is 6.11. The topological polar surface area (TPSA) is 41.1 Å². The SMILES string of the molecule is CC(C)NCC(C)c1ccc(F)cc1.CNC=O. The Morgan fingerprint density at radius 3 is 2.11 bits per heavy atom. The van der Waals surface area contributed by atoms with E-state index in [1.807, 2.05) is 12.1 Å². The summed E-state index contributed by atoms with van der Waals surface area (Å²) in [6.45, 7) is 7.32. The van der Waals surface area contributed by atoms with Crippen molar-refractivity contribution in [2.75, 3.05) is 13.6 Å². The van der Waals surface area contributed by atoms with E-state index < -0.39 is 0 Å². The summed E-state index contributed by atoms with van der Waals surface area (Å²) >= 11 is 0. The van der Waals surface area contributed by atoms with E-state index in [9.17, 15) is 4.39 Å². The van der Waals surface area contributed by atoms with Crippen molar-refractivity contribution in [3.05, 3.63) is 35.6 Å². The van der Waals surface area contributed by atoms with Crippen molar-refractivity contribution in [3.63, 3.8) is 0 Å². The lowest BCUT2D eigenvalue weighted by molar-refractivity contribution is -0.109. The van der Waals surface area contributed by atoms with E-state index in [1.165, 1.54) is 17.7 Å². The molecular weight excluding hydrogens is 231 g/mol. The van der Waals surface area contributed by atoms with Crippen molar-refractivity contribution >= 4 is 6.41 Å². The van der Waals surface area contributed by atoms with E-state index in [4.69, 9.17) is 4.79 Å². The molecule has 0 spiro atoms. The van der Waals surface area contributed by atoms with Crippen LogP contribution < -0.4 is 10.6 Å². The highest BCUT2D eigenvalue weighted by atomic mass is 19.1. The molecule has 3 nitrogen and oxygen atoms in total. The number of rotatable bonds is 5. The van der Waals surface area contributed by atoms with Crippen LogP contribution in [0.4, 0.5) is 4.39 Å². The second kappa shape index (κ2) is 9.59. The largest absolute Gasteiger partial charge is 0.362 e. The molecule has 0 radical (unpaired) electrons. The van der Waals surface area contributed by atoms with Crippen LogP contribution in [0.15, 0.2) is 24.3 Å². The normalized spacial score (nSPS) is 11.4. The number of hydrogen-bond donors (Lipinski definition) is 2. The molecule has 1 unspecified atom stereocenters. The van der Waals surface area contributed by atoms with Crippen LogP contribution in [-0.2, 0) is 4.79 Å². The number of benzene rings is 1. The Morgan fingerprint density at radius 1 is 1.22 bits per heavy atom. The summed E-state index contributed by atoms with van der Waals surface area (Å²) in [5.74, 6) is 0.260. The number of hydrogen-bond acceptors (Lipinski definition) is 2. The first kappa shape index (κ1) is 16.6. The van der Waals surface area contributed by atoms with E-state index in [0.717, 1.165) is 6.54 Å². The molecule has 1 amide bonds. The quantitative estimate of drug-likeness (QED) is 0.792. The minimum Gasteiger partial charge on any atom is -0.362 e. The maximum Gasteiger partial charge on any atom is 0.206 e. The minimum absolute atomic E-state index is 0.169. The van der Waals surface area contributed by atoms with Crippen LogP contribution in [0, 0.1) is 5.82 Å². The predicted octanol–water partition coefficient (Wildman–Crippen LogP) is 2.29. The van der Waals surface area contributed by atoms with Gasteiger partial charge in [-0.05, 0) is 23.6 Å². The summed E-state index contributed by atoms with van der Waals surface area (Å²) in [5.41, 5.74) is 1.18. The van der Waals surface area contributed by atoms with Crippen molar-refractivity contribution in [1.82, 2.24) is 10.6 Å². The van der Waals surface area contributed by atoms with E-state index in [-0.39, 0.29) is 5.82 Å². The van der Waals surface area contributed by atoms with Gasteiger partial charge in [-0.25, -0.2) is 4.39 Å². The smallest absolute Gasteiger partial charge is 0.206 e. The van der Waals surface area contributed by atoms with Crippen LogP contribution >= 0.6 is 0 Å². The third-order valence-electron chi connectivity index (χ3n) is 2.39. The molecule has 4 heteroatoms. The zero-order chi connectivity index (χ0) is 14.0. The Hall–Kier alpha value is -1.42. The molecule has 2 N–H and O–H groups in total. The van der Waals surface area contributed by atoms with Crippen molar-refractivity contribution in [3.8, 4) is 0 Å². The Kier molecular flexibility index (Phi) is 8.84. The fourth-order valence-electron chi connectivity index (χ4n) is 1.32. The molecule has 0 aliphatic heterocycles. The molecular formula is C14H23FN2O. The van der Waals surface area contributed by atoms with Gasteiger partial charge in [-0.15, -0.1) is 0 Å². The van der Waals surface area contributed by atoms with E-state index >= 15 is 0 Å². The van der Waals surface area contributed by atoms with Crippen molar-refractivity contribution in [2.45, 2.75) is 32.7 Å². The van der Waals surface area contributed by atoms with Gasteiger partial charge in [0, 0.05) is 19.6 Å². The van der Waals surface area contributed by atoms with E-state index in [0.29, 0.717) is 18.4 Å². The Bertz CT molecular complexity index is 325. The molecule has 0 aliphatic carbocycles. The average Bonchev–Trinajstić information content (AvgIpc) is 2.37. The maximum atomic E-state index is 12.6. The third-order valence-corrected chi connectivity index (χ3v) is 2.39. The van der Waals surface area contributed by atoms with Crippen LogP contribution in [0.3, 0.4) is 0 Å².